The highest BCUT2D eigenvalue weighted by Crippen LogP contribution is 2.58. The maximum atomic E-state index is 13.6. The minimum atomic E-state index is -1.00. The molecule has 1 saturated carbocycles. The van der Waals surface area contributed by atoms with Crippen LogP contribution in [0, 0.1) is 23.1 Å². The summed E-state index contributed by atoms with van der Waals surface area (Å²) in [5, 5.41) is 11.5. The average molecular weight is 330 g/mol. The van der Waals surface area contributed by atoms with E-state index in [2.05, 4.69) is 21.2 Å². The Labute approximate surface area is 118 Å². The first-order valence-corrected chi connectivity index (χ1v) is 6.53. The number of benzene rings is 1. The van der Waals surface area contributed by atoms with E-state index in [1.165, 1.54) is 12.1 Å². The molecule has 1 fully saturated rings. The monoisotopic (exact) mass is 329 g/mol. The predicted octanol–water partition coefficient (Wildman–Crippen LogP) is 2.88. The highest BCUT2D eigenvalue weighted by molar-refractivity contribution is 9.10. The van der Waals surface area contributed by atoms with E-state index >= 15 is 0 Å². The molecule has 0 heterocycles. The second-order valence-corrected chi connectivity index (χ2v) is 6.06. The van der Waals surface area contributed by atoms with Gasteiger partial charge in [-0.2, -0.15) is 0 Å². The second-order valence-electron chi connectivity index (χ2n) is 5.20. The Balaban J connectivity index is 2.18. The topological polar surface area (TPSA) is 66.4 Å². The van der Waals surface area contributed by atoms with Crippen molar-refractivity contribution in [3.05, 3.63) is 28.5 Å². The van der Waals surface area contributed by atoms with Gasteiger partial charge in [0.05, 0.1) is 17.5 Å². The Bertz CT molecular complexity index is 539. The molecule has 2 unspecified atom stereocenters. The van der Waals surface area contributed by atoms with Crippen molar-refractivity contribution in [1.29, 1.82) is 0 Å². The van der Waals surface area contributed by atoms with Crippen LogP contribution >= 0.6 is 15.9 Å². The van der Waals surface area contributed by atoms with Gasteiger partial charge in [-0.3, -0.25) is 9.59 Å². The van der Waals surface area contributed by atoms with Gasteiger partial charge in [0.15, 0.2) is 0 Å². The number of nitrogens with one attached hydrogen (secondary N) is 1. The zero-order chi connectivity index (χ0) is 14.4. The maximum Gasteiger partial charge on any atom is 0.307 e. The van der Waals surface area contributed by atoms with Gasteiger partial charge in [-0.05, 0) is 33.5 Å². The van der Waals surface area contributed by atoms with Crippen molar-refractivity contribution in [2.24, 2.45) is 17.3 Å². The predicted molar refractivity (Wildman–Crippen MR) is 71.1 cm³/mol. The van der Waals surface area contributed by atoms with Crippen LogP contribution < -0.4 is 5.32 Å². The van der Waals surface area contributed by atoms with E-state index in [0.29, 0.717) is 4.47 Å². The van der Waals surface area contributed by atoms with Crippen molar-refractivity contribution in [2.45, 2.75) is 13.8 Å². The van der Waals surface area contributed by atoms with Gasteiger partial charge < -0.3 is 10.4 Å². The largest absolute Gasteiger partial charge is 0.481 e. The summed E-state index contributed by atoms with van der Waals surface area (Å²) in [7, 11) is 0. The lowest BCUT2D eigenvalue weighted by molar-refractivity contribution is -0.140. The van der Waals surface area contributed by atoms with Gasteiger partial charge in [0.25, 0.3) is 0 Å². The standard InChI is InChI=1S/C13H13BrFNO3/c1-13(2)8(9(13)12(18)19)11(17)16-10-6(14)4-3-5-7(10)15/h3-5,8-9H,1-2H3,(H,16,17)(H,18,19). The molecular weight excluding hydrogens is 317 g/mol. The van der Waals surface area contributed by atoms with Gasteiger partial charge in [-0.25, -0.2) is 4.39 Å². The lowest BCUT2D eigenvalue weighted by atomic mass is 10.1. The van der Waals surface area contributed by atoms with E-state index in [1.54, 1.807) is 19.9 Å². The summed E-state index contributed by atoms with van der Waals surface area (Å²) >= 11 is 3.15. The summed E-state index contributed by atoms with van der Waals surface area (Å²) < 4.78 is 14.0. The van der Waals surface area contributed by atoms with Crippen LogP contribution in [0.15, 0.2) is 22.7 Å². The van der Waals surface area contributed by atoms with Crippen molar-refractivity contribution >= 4 is 33.5 Å². The van der Waals surface area contributed by atoms with Crippen LogP contribution in [-0.4, -0.2) is 17.0 Å². The van der Waals surface area contributed by atoms with Gasteiger partial charge in [0.2, 0.25) is 5.91 Å². The normalized spacial score (nSPS) is 23.8. The lowest BCUT2D eigenvalue weighted by Crippen LogP contribution is -2.18. The molecule has 4 nitrogen and oxygen atoms in total. The number of hydrogen-bond donors (Lipinski definition) is 2. The fourth-order valence-corrected chi connectivity index (χ4v) is 2.85. The Kier molecular flexibility index (Phi) is 3.38. The zero-order valence-corrected chi connectivity index (χ0v) is 12.0. The van der Waals surface area contributed by atoms with Crippen molar-refractivity contribution in [3.8, 4) is 0 Å². The van der Waals surface area contributed by atoms with Crippen molar-refractivity contribution in [1.82, 2.24) is 0 Å². The van der Waals surface area contributed by atoms with E-state index < -0.39 is 34.9 Å². The first-order chi connectivity index (χ1) is 8.76. The number of rotatable bonds is 3. The van der Waals surface area contributed by atoms with Crippen molar-refractivity contribution in [3.63, 3.8) is 0 Å². The van der Waals surface area contributed by atoms with Crippen LogP contribution in [0.1, 0.15) is 13.8 Å². The number of carboxylic acid groups (broad SMARTS) is 1. The molecule has 0 saturated heterocycles. The van der Waals surface area contributed by atoms with Crippen molar-refractivity contribution in [2.75, 3.05) is 5.32 Å². The molecule has 2 N–H and O–H groups in total. The molecule has 1 aliphatic rings. The summed E-state index contributed by atoms with van der Waals surface area (Å²) in [5.41, 5.74) is -0.562. The van der Waals surface area contributed by atoms with Crippen LogP contribution in [0.25, 0.3) is 0 Å². The van der Waals surface area contributed by atoms with E-state index in [9.17, 15) is 14.0 Å². The molecule has 0 aliphatic heterocycles. The second kappa shape index (κ2) is 4.59. The molecule has 1 aromatic carbocycles. The Morgan fingerprint density at radius 1 is 1.37 bits per heavy atom. The summed E-state index contributed by atoms with van der Waals surface area (Å²) in [6, 6.07) is 4.34. The van der Waals surface area contributed by atoms with Gasteiger partial charge in [0, 0.05) is 4.47 Å². The Morgan fingerprint density at radius 2 is 2.00 bits per heavy atom. The van der Waals surface area contributed by atoms with Gasteiger partial charge in [-0.15, -0.1) is 0 Å². The Morgan fingerprint density at radius 3 is 2.47 bits per heavy atom. The van der Waals surface area contributed by atoms with E-state index in [1.807, 2.05) is 0 Å². The van der Waals surface area contributed by atoms with Crippen LogP contribution in [-0.2, 0) is 9.59 Å². The van der Waals surface area contributed by atoms with Crippen LogP contribution in [0.4, 0.5) is 10.1 Å². The molecule has 19 heavy (non-hydrogen) atoms. The minimum Gasteiger partial charge on any atom is -0.481 e. The molecule has 102 valence electrons. The number of aliphatic carboxylic acids is 1. The molecule has 1 amide bonds. The van der Waals surface area contributed by atoms with Crippen LogP contribution in [0.5, 0.6) is 0 Å². The summed E-state index contributed by atoms with van der Waals surface area (Å²) in [5.74, 6) is -3.40. The third-order valence-electron chi connectivity index (χ3n) is 3.59. The van der Waals surface area contributed by atoms with Gasteiger partial charge in [-0.1, -0.05) is 19.9 Å². The molecule has 2 atom stereocenters. The number of para-hydroxylation sites is 1. The molecule has 6 heteroatoms. The summed E-state index contributed by atoms with van der Waals surface area (Å²) in [4.78, 5) is 23.1. The molecule has 1 aliphatic carbocycles. The van der Waals surface area contributed by atoms with E-state index in [4.69, 9.17) is 5.11 Å². The number of carbonyl (C=O) groups excluding carboxylic acids is 1. The minimum absolute atomic E-state index is 0.0411. The molecule has 0 spiro atoms. The summed E-state index contributed by atoms with van der Waals surface area (Å²) in [6.07, 6.45) is 0. The number of anilines is 1. The molecule has 0 bridgehead atoms. The number of amides is 1. The van der Waals surface area contributed by atoms with E-state index in [-0.39, 0.29) is 5.69 Å². The molecule has 2 rings (SSSR count). The highest BCUT2D eigenvalue weighted by Gasteiger charge is 2.65. The molecule has 0 aromatic heterocycles. The van der Waals surface area contributed by atoms with Gasteiger partial charge in [0.1, 0.15) is 5.82 Å². The number of carboxylic acids is 1. The molecule has 0 radical (unpaired) electrons. The first-order valence-electron chi connectivity index (χ1n) is 5.74. The quantitative estimate of drug-likeness (QED) is 0.896. The smallest absolute Gasteiger partial charge is 0.307 e. The fourth-order valence-electron chi connectivity index (χ4n) is 2.41. The zero-order valence-electron chi connectivity index (χ0n) is 10.4. The maximum absolute atomic E-state index is 13.6. The highest BCUT2D eigenvalue weighted by atomic mass is 79.9. The Hall–Kier alpha value is -1.43. The first kappa shape index (κ1) is 14.0. The summed E-state index contributed by atoms with van der Waals surface area (Å²) in [6.45, 7) is 3.43. The SMILES string of the molecule is CC1(C)C(C(=O)O)C1C(=O)Nc1c(F)cccc1Br. The van der Waals surface area contributed by atoms with Crippen LogP contribution in [0.3, 0.4) is 0 Å². The number of carbonyl (C=O) groups is 2. The van der Waals surface area contributed by atoms with E-state index in [0.717, 1.165) is 0 Å². The average Bonchev–Trinajstić information content (AvgIpc) is 2.87. The number of hydrogen-bond acceptors (Lipinski definition) is 2. The van der Waals surface area contributed by atoms with Crippen molar-refractivity contribution < 1.29 is 19.1 Å². The third kappa shape index (κ3) is 2.36. The van der Waals surface area contributed by atoms with Crippen LogP contribution in [0.2, 0.25) is 0 Å². The van der Waals surface area contributed by atoms with Gasteiger partial charge >= 0.3 is 5.97 Å². The number of halogens is 2. The fraction of sp³-hybridized carbons (Fsp3) is 0.385. The lowest BCUT2D eigenvalue weighted by Gasteiger charge is -2.09. The molecular formula is C13H13BrFNO3. The third-order valence-corrected chi connectivity index (χ3v) is 4.25. The molecule has 1 aromatic rings.